The second-order valence-electron chi connectivity index (χ2n) is 9.60. The summed E-state index contributed by atoms with van der Waals surface area (Å²) in [5, 5.41) is 17.1. The lowest BCUT2D eigenvalue weighted by molar-refractivity contribution is -0.144. The number of nitrogens with zero attached hydrogens (tertiary/aromatic N) is 3. The van der Waals surface area contributed by atoms with Gasteiger partial charge in [0.05, 0.1) is 45.7 Å². The Bertz CT molecular complexity index is 1080. The van der Waals surface area contributed by atoms with Gasteiger partial charge in [-0.1, -0.05) is 0 Å². The number of amides is 3. The molecule has 3 amide bonds. The van der Waals surface area contributed by atoms with Crippen LogP contribution in [0.15, 0.2) is 4.79 Å². The third-order valence-corrected chi connectivity index (χ3v) is 5.14. The maximum absolute atomic E-state index is 13.2. The van der Waals surface area contributed by atoms with E-state index in [2.05, 4.69) is 25.9 Å². The van der Waals surface area contributed by atoms with Gasteiger partial charge in [0.1, 0.15) is 24.4 Å². The first-order valence-electron chi connectivity index (χ1n) is 12.4. The average molecular weight is 572 g/mol. The molecule has 17 heteroatoms. The van der Waals surface area contributed by atoms with E-state index in [9.17, 15) is 29.1 Å². The summed E-state index contributed by atoms with van der Waals surface area (Å²) >= 11 is 0. The number of ether oxygens (including phenoxy) is 4. The molecule has 0 bridgehead atoms. The van der Waals surface area contributed by atoms with Crippen molar-refractivity contribution in [1.82, 2.24) is 20.2 Å². The number of anilines is 3. The van der Waals surface area contributed by atoms with E-state index < -0.39 is 41.7 Å². The minimum atomic E-state index is -1.26. The van der Waals surface area contributed by atoms with Gasteiger partial charge in [-0.15, -0.1) is 0 Å². The van der Waals surface area contributed by atoms with Crippen molar-refractivity contribution in [3.8, 4) is 0 Å². The van der Waals surface area contributed by atoms with E-state index in [0.29, 0.717) is 19.6 Å². The van der Waals surface area contributed by atoms with Crippen molar-refractivity contribution in [3.05, 3.63) is 10.4 Å². The summed E-state index contributed by atoms with van der Waals surface area (Å²) < 4.78 is 20.8. The quantitative estimate of drug-likeness (QED) is 0.112. The van der Waals surface area contributed by atoms with Crippen LogP contribution < -0.4 is 26.4 Å². The van der Waals surface area contributed by atoms with Crippen LogP contribution in [0.2, 0.25) is 0 Å². The number of aromatic amines is 1. The number of H-pyrrole nitrogens is 1. The summed E-state index contributed by atoms with van der Waals surface area (Å²) in [4.78, 5) is 69.5. The number of nitrogens with one attached hydrogen (secondary N) is 4. The highest BCUT2D eigenvalue weighted by molar-refractivity contribution is 5.87. The van der Waals surface area contributed by atoms with Crippen molar-refractivity contribution in [1.29, 1.82) is 0 Å². The van der Waals surface area contributed by atoms with Crippen LogP contribution in [0.5, 0.6) is 0 Å². The van der Waals surface area contributed by atoms with E-state index in [1.807, 2.05) is 0 Å². The number of carboxylic acid groups (broad SMARTS) is 1. The predicted octanol–water partition coefficient (Wildman–Crippen LogP) is -0.986. The second kappa shape index (κ2) is 15.6. The maximum Gasteiger partial charge on any atom is 0.414 e. The normalized spacial score (nSPS) is 13.2. The summed E-state index contributed by atoms with van der Waals surface area (Å²) in [5.41, 5.74) is -1.30. The zero-order chi connectivity index (χ0) is 29.7. The SMILES string of the molecule is COCCOCCOCC(CN(CC(=O)O)C(=O)CN1CNc2c1nc(NC(=O)OC(C)(C)C)[nH]c2=O)NC=O. The fourth-order valence-electron chi connectivity index (χ4n) is 3.47. The van der Waals surface area contributed by atoms with E-state index >= 15 is 0 Å². The number of aromatic nitrogens is 2. The van der Waals surface area contributed by atoms with Crippen molar-refractivity contribution in [3.63, 3.8) is 0 Å². The van der Waals surface area contributed by atoms with E-state index in [4.69, 9.17) is 18.9 Å². The highest BCUT2D eigenvalue weighted by Gasteiger charge is 2.30. The van der Waals surface area contributed by atoms with Gasteiger partial charge >= 0.3 is 12.1 Å². The summed E-state index contributed by atoms with van der Waals surface area (Å²) in [6, 6.07) is -0.700. The molecule has 1 unspecified atom stereocenters. The summed E-state index contributed by atoms with van der Waals surface area (Å²) in [6.07, 6.45) is -0.406. The molecular formula is C23H37N7O10. The largest absolute Gasteiger partial charge is 0.480 e. The van der Waals surface area contributed by atoms with Crippen LogP contribution in [0.1, 0.15) is 20.8 Å². The smallest absolute Gasteiger partial charge is 0.414 e. The minimum Gasteiger partial charge on any atom is -0.480 e. The van der Waals surface area contributed by atoms with Gasteiger partial charge in [0.25, 0.3) is 5.56 Å². The molecule has 0 fully saturated rings. The standard InChI is InChI=1S/C23H37N7O10/c1-23(2,3)40-22(36)28-21-26-19-18(20(35)27-21)24-13-30(19)10-16(32)29(11-17(33)34)9-15(25-14-31)12-39-8-7-38-6-5-37-4/h14-15,24H,5-13H2,1-4H3,(H,25,31)(H,33,34)(H2,26,27,28,35,36). The molecule has 0 spiro atoms. The fourth-order valence-corrected chi connectivity index (χ4v) is 3.47. The lowest BCUT2D eigenvalue weighted by Gasteiger charge is -2.28. The van der Waals surface area contributed by atoms with Gasteiger partial charge in [0, 0.05) is 13.7 Å². The molecular weight excluding hydrogens is 534 g/mol. The molecule has 5 N–H and O–H groups in total. The fraction of sp³-hybridized carbons (Fsp3) is 0.652. The van der Waals surface area contributed by atoms with Gasteiger partial charge in [-0.25, -0.2) is 4.79 Å². The van der Waals surface area contributed by atoms with Crippen molar-refractivity contribution in [2.45, 2.75) is 32.4 Å². The van der Waals surface area contributed by atoms with Crippen LogP contribution in [0.3, 0.4) is 0 Å². The molecule has 40 heavy (non-hydrogen) atoms. The number of carbonyl (C=O) groups is 4. The number of methoxy groups -OCH3 is 1. The molecule has 1 aliphatic heterocycles. The number of rotatable bonds is 17. The van der Waals surface area contributed by atoms with Gasteiger partial charge in [0.2, 0.25) is 18.3 Å². The Labute approximate surface area is 230 Å². The average Bonchev–Trinajstić information content (AvgIpc) is 3.24. The Hall–Kier alpha value is -3.96. The maximum atomic E-state index is 13.2. The zero-order valence-electron chi connectivity index (χ0n) is 23.0. The number of hydrogen-bond acceptors (Lipinski definition) is 12. The van der Waals surface area contributed by atoms with Crippen molar-refractivity contribution < 1.29 is 43.2 Å². The van der Waals surface area contributed by atoms with Gasteiger partial charge in [-0.3, -0.25) is 29.5 Å². The molecule has 1 atom stereocenters. The second-order valence-corrected chi connectivity index (χ2v) is 9.60. The molecule has 0 radical (unpaired) electrons. The van der Waals surface area contributed by atoms with Crippen LogP contribution >= 0.6 is 0 Å². The van der Waals surface area contributed by atoms with E-state index in [0.717, 1.165) is 4.90 Å². The van der Waals surface area contributed by atoms with Crippen molar-refractivity contribution in [2.75, 3.05) is 82.0 Å². The molecule has 1 aromatic rings. The lowest BCUT2D eigenvalue weighted by atomic mass is 10.2. The molecule has 1 aliphatic rings. The van der Waals surface area contributed by atoms with Crippen LogP contribution in [0.25, 0.3) is 0 Å². The molecule has 2 rings (SSSR count). The molecule has 0 saturated heterocycles. The summed E-state index contributed by atoms with van der Waals surface area (Å²) in [6.45, 7) is 5.22. The highest BCUT2D eigenvalue weighted by atomic mass is 16.6. The Morgan fingerprint density at radius 1 is 1.20 bits per heavy atom. The number of aliphatic carboxylic acids is 1. The molecule has 0 aromatic carbocycles. The van der Waals surface area contributed by atoms with Gasteiger partial charge in [-0.2, -0.15) is 4.98 Å². The van der Waals surface area contributed by atoms with E-state index in [-0.39, 0.29) is 57.0 Å². The van der Waals surface area contributed by atoms with E-state index in [1.165, 1.54) is 4.90 Å². The molecule has 1 aromatic heterocycles. The van der Waals surface area contributed by atoms with Crippen molar-refractivity contribution >= 4 is 41.8 Å². The monoisotopic (exact) mass is 571 g/mol. The molecule has 0 saturated carbocycles. The molecule has 17 nitrogen and oxygen atoms in total. The Balaban J connectivity index is 2.07. The summed E-state index contributed by atoms with van der Waals surface area (Å²) in [5.74, 6) is -1.98. The summed E-state index contributed by atoms with van der Waals surface area (Å²) in [7, 11) is 1.55. The first kappa shape index (κ1) is 32.3. The topological polar surface area (TPSA) is 214 Å². The number of carbonyl (C=O) groups excluding carboxylic acids is 3. The van der Waals surface area contributed by atoms with Gasteiger partial charge in [-0.05, 0) is 20.8 Å². The first-order chi connectivity index (χ1) is 18.9. The number of hydrogen-bond donors (Lipinski definition) is 5. The first-order valence-corrected chi connectivity index (χ1v) is 12.4. The third kappa shape index (κ3) is 11.0. The van der Waals surface area contributed by atoms with Crippen LogP contribution in [0.4, 0.5) is 22.2 Å². The highest BCUT2D eigenvalue weighted by Crippen LogP contribution is 2.26. The van der Waals surface area contributed by atoms with Crippen LogP contribution in [0, 0.1) is 0 Å². The van der Waals surface area contributed by atoms with Gasteiger partial charge < -0.3 is 44.5 Å². The zero-order valence-corrected chi connectivity index (χ0v) is 23.0. The van der Waals surface area contributed by atoms with Crippen molar-refractivity contribution in [2.24, 2.45) is 0 Å². The minimum absolute atomic E-state index is 0.000503. The molecule has 224 valence electrons. The Morgan fingerprint density at radius 3 is 2.55 bits per heavy atom. The Morgan fingerprint density at radius 2 is 1.90 bits per heavy atom. The van der Waals surface area contributed by atoms with Crippen LogP contribution in [-0.4, -0.2) is 122 Å². The number of carboxylic acids is 1. The van der Waals surface area contributed by atoms with Crippen LogP contribution in [-0.2, 0) is 33.3 Å². The number of fused-ring (bicyclic) bond motifs is 1. The molecule has 2 heterocycles. The predicted molar refractivity (Wildman–Crippen MR) is 141 cm³/mol. The van der Waals surface area contributed by atoms with E-state index in [1.54, 1.807) is 27.9 Å². The third-order valence-electron chi connectivity index (χ3n) is 5.14. The van der Waals surface area contributed by atoms with Gasteiger partial charge in [0.15, 0.2) is 5.82 Å². The lowest BCUT2D eigenvalue weighted by Crippen LogP contribution is -2.50. The molecule has 0 aliphatic carbocycles. The Kier molecular flexibility index (Phi) is 12.6.